The first kappa shape index (κ1) is 32.5. The average molecular weight is 858 g/mol. The van der Waals surface area contributed by atoms with Gasteiger partial charge in [0.2, 0.25) is 0 Å². The summed E-state index contributed by atoms with van der Waals surface area (Å²) >= 11 is 0. The number of rotatable bonds is 6. The van der Waals surface area contributed by atoms with Gasteiger partial charge in [-0.1, -0.05) is 102 Å². The molecule has 0 radical (unpaired) electrons. The summed E-state index contributed by atoms with van der Waals surface area (Å²) in [5.41, 5.74) is 13.5. The van der Waals surface area contributed by atoms with Gasteiger partial charge < -0.3 is 9.13 Å². The van der Waals surface area contributed by atoms with E-state index in [0.717, 1.165) is 67.1 Å². The Bertz CT molecular complexity index is 2910. The minimum atomic E-state index is 0. The summed E-state index contributed by atoms with van der Waals surface area (Å²) in [7, 11) is 0. The zero-order chi connectivity index (χ0) is 34.4. The Balaban J connectivity index is 0.00000372. The second kappa shape index (κ2) is 13.7. The summed E-state index contributed by atoms with van der Waals surface area (Å²) in [4.78, 5) is 4.66. The molecule has 7 aromatic carbocycles. The molecule has 0 unspecified atom stereocenters. The molecular weight excluding hydrogens is 828 g/mol. The standard InChI is InChI=1S/C48H30N4.Pt/c1-2-16-36(17-3-1)52-45-25-9-6-21-40(45)41-29-28-35(32-48(41)52)39-20-5-4-19-38(39)34-15-14-18-37(31-34)50-33-51(47-27-11-10-26-46(47)50)44-24-8-7-22-42(44)43-23-12-13-30-49-43;/h1-30H;/q-2;. The second-order valence-electron chi connectivity index (χ2n) is 12.8. The molecule has 0 saturated heterocycles. The van der Waals surface area contributed by atoms with Crippen LogP contribution in [0.25, 0.3) is 83.4 Å². The molecule has 0 aliphatic heterocycles. The monoisotopic (exact) mass is 857 g/mol. The van der Waals surface area contributed by atoms with E-state index >= 15 is 0 Å². The van der Waals surface area contributed by atoms with Gasteiger partial charge in [0.15, 0.2) is 0 Å². The summed E-state index contributed by atoms with van der Waals surface area (Å²) in [5, 5.41) is 2.40. The van der Waals surface area contributed by atoms with E-state index in [9.17, 15) is 0 Å². The Morgan fingerprint density at radius 3 is 1.98 bits per heavy atom. The Hall–Kier alpha value is -6.35. The van der Waals surface area contributed by atoms with Crippen LogP contribution in [-0.4, -0.2) is 14.1 Å². The van der Waals surface area contributed by atoms with E-state index in [1.807, 2.05) is 24.4 Å². The van der Waals surface area contributed by atoms with Crippen molar-refractivity contribution in [3.8, 4) is 50.6 Å². The number of imidazole rings is 1. The number of aromatic nitrogens is 4. The number of fused-ring (bicyclic) bond motifs is 4. The number of pyridine rings is 1. The van der Waals surface area contributed by atoms with Crippen LogP contribution in [0.4, 0.5) is 0 Å². The predicted octanol–water partition coefficient (Wildman–Crippen LogP) is 10.8. The maximum atomic E-state index is 4.66. The molecule has 0 spiro atoms. The van der Waals surface area contributed by atoms with Crippen LogP contribution in [-0.2, 0) is 21.1 Å². The fourth-order valence-electron chi connectivity index (χ4n) is 7.42. The largest absolute Gasteiger partial charge is 0.328 e. The predicted molar refractivity (Wildman–Crippen MR) is 210 cm³/mol. The van der Waals surface area contributed by atoms with Crippen LogP contribution in [0.5, 0.6) is 0 Å². The molecular formula is C48H30N4Pt-2. The third-order valence-electron chi connectivity index (χ3n) is 9.78. The molecule has 3 heterocycles. The zero-order valence-electron chi connectivity index (χ0n) is 28.4. The minimum absolute atomic E-state index is 0. The van der Waals surface area contributed by atoms with Crippen LogP contribution in [0.15, 0.2) is 182 Å². The first-order valence-electron chi connectivity index (χ1n) is 17.4. The van der Waals surface area contributed by atoms with Gasteiger partial charge in [-0.05, 0) is 53.0 Å². The number of benzene rings is 7. The molecule has 53 heavy (non-hydrogen) atoms. The molecule has 0 atom stereocenters. The molecule has 0 aliphatic carbocycles. The van der Waals surface area contributed by atoms with Crippen LogP contribution in [0.2, 0.25) is 0 Å². The van der Waals surface area contributed by atoms with Crippen molar-refractivity contribution in [2.24, 2.45) is 0 Å². The first-order chi connectivity index (χ1) is 25.8. The minimum Gasteiger partial charge on any atom is -0.328 e. The van der Waals surface area contributed by atoms with Gasteiger partial charge in [-0.3, -0.25) is 9.55 Å². The molecule has 10 rings (SSSR count). The van der Waals surface area contributed by atoms with Crippen molar-refractivity contribution >= 4 is 32.8 Å². The first-order valence-corrected chi connectivity index (χ1v) is 17.4. The summed E-state index contributed by atoms with van der Waals surface area (Å²) in [6, 6.07) is 68.9. The molecule has 0 aliphatic rings. The van der Waals surface area contributed by atoms with Crippen LogP contribution in [0.3, 0.4) is 0 Å². The SMILES string of the molecule is [Pt].[c-]1c(-c2ccccc2-c2[c-]c3c(cc2)c2ccccc2n3-c2ccccc2)cccc1-n1[c-][n+](-c2ccccc2-c2ccccn2)c2ccccc21. The molecule has 3 aromatic heterocycles. The Labute approximate surface area is 322 Å². The fraction of sp³-hybridized carbons (Fsp3) is 0. The summed E-state index contributed by atoms with van der Waals surface area (Å²) < 4.78 is 6.55. The maximum Gasteiger partial charge on any atom is 0.268 e. The van der Waals surface area contributed by atoms with E-state index in [0.29, 0.717) is 0 Å². The van der Waals surface area contributed by atoms with Gasteiger partial charge >= 0.3 is 0 Å². The molecule has 0 fully saturated rings. The fourth-order valence-corrected chi connectivity index (χ4v) is 7.42. The van der Waals surface area contributed by atoms with E-state index in [-0.39, 0.29) is 21.1 Å². The third-order valence-corrected chi connectivity index (χ3v) is 9.78. The Kier molecular flexibility index (Phi) is 8.38. The van der Waals surface area contributed by atoms with Crippen molar-refractivity contribution < 1.29 is 25.6 Å². The van der Waals surface area contributed by atoms with Gasteiger partial charge in [0.1, 0.15) is 0 Å². The summed E-state index contributed by atoms with van der Waals surface area (Å²) in [6.45, 7) is 0. The van der Waals surface area contributed by atoms with E-state index < -0.39 is 0 Å². The van der Waals surface area contributed by atoms with Crippen molar-refractivity contribution in [2.45, 2.75) is 0 Å². The Morgan fingerprint density at radius 2 is 1.17 bits per heavy atom. The van der Waals surface area contributed by atoms with Gasteiger partial charge in [-0.2, -0.15) is 5.56 Å². The van der Waals surface area contributed by atoms with Crippen LogP contribution in [0.1, 0.15) is 0 Å². The molecule has 0 saturated carbocycles. The Morgan fingerprint density at radius 1 is 0.491 bits per heavy atom. The molecule has 0 amide bonds. The van der Waals surface area contributed by atoms with E-state index in [1.54, 1.807) is 0 Å². The van der Waals surface area contributed by atoms with Crippen molar-refractivity contribution in [2.75, 3.05) is 0 Å². The molecule has 10 aromatic rings. The van der Waals surface area contributed by atoms with E-state index in [4.69, 9.17) is 0 Å². The van der Waals surface area contributed by atoms with E-state index in [1.165, 1.54) is 16.3 Å². The van der Waals surface area contributed by atoms with Crippen molar-refractivity contribution in [1.82, 2.24) is 14.1 Å². The van der Waals surface area contributed by atoms with Gasteiger partial charge in [-0.25, -0.2) is 0 Å². The van der Waals surface area contributed by atoms with Crippen LogP contribution in [0, 0.1) is 18.5 Å². The molecule has 254 valence electrons. The molecule has 0 N–H and O–H groups in total. The molecule has 0 bridgehead atoms. The smallest absolute Gasteiger partial charge is 0.268 e. The average Bonchev–Trinajstić information content (AvgIpc) is 3.78. The number of hydrogen-bond acceptors (Lipinski definition) is 1. The van der Waals surface area contributed by atoms with Crippen LogP contribution >= 0.6 is 0 Å². The maximum absolute atomic E-state index is 4.66. The third kappa shape index (κ3) is 5.60. The van der Waals surface area contributed by atoms with Gasteiger partial charge in [0.25, 0.3) is 6.33 Å². The summed E-state index contributed by atoms with van der Waals surface area (Å²) in [5.74, 6) is 0. The van der Waals surface area contributed by atoms with Gasteiger partial charge in [0, 0.05) is 44.0 Å². The van der Waals surface area contributed by atoms with Crippen molar-refractivity contribution in [3.05, 3.63) is 201 Å². The normalized spacial score (nSPS) is 11.2. The number of para-hydroxylation sites is 5. The van der Waals surface area contributed by atoms with E-state index in [2.05, 4.69) is 195 Å². The number of nitrogens with zero attached hydrogens (tertiary/aromatic N) is 4. The van der Waals surface area contributed by atoms with Gasteiger partial charge in [0.05, 0.1) is 22.4 Å². The van der Waals surface area contributed by atoms with Crippen molar-refractivity contribution in [1.29, 1.82) is 0 Å². The molecule has 5 heteroatoms. The zero-order valence-corrected chi connectivity index (χ0v) is 30.7. The van der Waals surface area contributed by atoms with Gasteiger partial charge in [-0.15, -0.1) is 71.3 Å². The quantitative estimate of drug-likeness (QED) is 0.121. The topological polar surface area (TPSA) is 26.6 Å². The second-order valence-corrected chi connectivity index (χ2v) is 12.8. The van der Waals surface area contributed by atoms with Crippen LogP contribution < -0.4 is 4.57 Å². The summed E-state index contributed by atoms with van der Waals surface area (Å²) in [6.07, 6.45) is 5.51. The molecule has 4 nitrogen and oxygen atoms in total. The number of hydrogen-bond donors (Lipinski definition) is 0. The van der Waals surface area contributed by atoms with Crippen molar-refractivity contribution in [3.63, 3.8) is 0 Å².